The quantitative estimate of drug-likeness (QED) is 0.221. The van der Waals surface area contributed by atoms with E-state index in [9.17, 15) is 9.59 Å². The standard InChI is InChI=1S/C32H30N4O3/c37-31(30-29(24-7-2-1-3-8-24)23-27-9-4-5-16-36(27)30)32(38)33-25-11-13-26(14-12-25)35-20-18-34(19-21-35)17-15-28-10-6-22-39-28/h1-14,16,22-23H,15,17-21H2,(H,33,38). The van der Waals surface area contributed by atoms with Crippen molar-refractivity contribution in [1.29, 1.82) is 0 Å². The van der Waals surface area contributed by atoms with Gasteiger partial charge in [-0.05, 0) is 60.2 Å². The normalized spacial score (nSPS) is 14.0. The van der Waals surface area contributed by atoms with Crippen molar-refractivity contribution in [3.05, 3.63) is 115 Å². The van der Waals surface area contributed by atoms with E-state index in [0.717, 1.165) is 67.2 Å². The number of piperazine rings is 1. The van der Waals surface area contributed by atoms with Crippen LogP contribution in [0.3, 0.4) is 0 Å². The number of rotatable bonds is 8. The van der Waals surface area contributed by atoms with E-state index in [1.165, 1.54) is 0 Å². The average Bonchev–Trinajstić information content (AvgIpc) is 3.65. The second-order valence-electron chi connectivity index (χ2n) is 9.76. The minimum absolute atomic E-state index is 0.357. The molecular weight excluding hydrogens is 488 g/mol. The largest absolute Gasteiger partial charge is 0.469 e. The first-order valence-corrected chi connectivity index (χ1v) is 13.3. The summed E-state index contributed by atoms with van der Waals surface area (Å²) in [6.45, 7) is 4.84. The molecular formula is C32H30N4O3. The molecule has 4 heterocycles. The number of furan rings is 1. The second-order valence-corrected chi connectivity index (χ2v) is 9.76. The molecule has 1 amide bonds. The Balaban J connectivity index is 1.11. The monoisotopic (exact) mass is 518 g/mol. The van der Waals surface area contributed by atoms with E-state index in [1.807, 2.05) is 97.2 Å². The van der Waals surface area contributed by atoms with Crippen molar-refractivity contribution in [2.24, 2.45) is 0 Å². The van der Waals surface area contributed by atoms with Crippen LogP contribution in [0.1, 0.15) is 16.2 Å². The Morgan fingerprint density at radius 3 is 2.33 bits per heavy atom. The van der Waals surface area contributed by atoms with Gasteiger partial charge in [-0.1, -0.05) is 36.4 Å². The van der Waals surface area contributed by atoms with Gasteiger partial charge in [0.05, 0.1) is 6.26 Å². The molecule has 0 bridgehead atoms. The Kier molecular flexibility index (Phi) is 6.97. The van der Waals surface area contributed by atoms with Gasteiger partial charge in [0, 0.05) is 67.8 Å². The third-order valence-electron chi connectivity index (χ3n) is 7.30. The number of Topliss-reactive ketones (excluding diaryl/α,β-unsaturated/α-hetero) is 1. The van der Waals surface area contributed by atoms with E-state index in [-0.39, 0.29) is 0 Å². The van der Waals surface area contributed by atoms with Gasteiger partial charge >= 0.3 is 0 Å². The molecule has 0 atom stereocenters. The number of nitrogens with one attached hydrogen (secondary N) is 1. The molecule has 0 unspecified atom stereocenters. The summed E-state index contributed by atoms with van der Waals surface area (Å²) >= 11 is 0. The van der Waals surface area contributed by atoms with Crippen molar-refractivity contribution in [2.45, 2.75) is 6.42 Å². The van der Waals surface area contributed by atoms with E-state index < -0.39 is 11.7 Å². The highest BCUT2D eigenvalue weighted by Crippen LogP contribution is 2.28. The van der Waals surface area contributed by atoms with Gasteiger partial charge < -0.3 is 19.0 Å². The van der Waals surface area contributed by atoms with Crippen molar-refractivity contribution >= 4 is 28.6 Å². The lowest BCUT2D eigenvalue weighted by Crippen LogP contribution is -2.46. The molecule has 7 heteroatoms. The van der Waals surface area contributed by atoms with Gasteiger partial charge in [-0.2, -0.15) is 0 Å². The van der Waals surface area contributed by atoms with Crippen LogP contribution in [0.25, 0.3) is 16.6 Å². The first-order valence-electron chi connectivity index (χ1n) is 13.3. The summed E-state index contributed by atoms with van der Waals surface area (Å²) in [6, 6.07) is 29.0. The molecule has 1 fully saturated rings. The lowest BCUT2D eigenvalue weighted by molar-refractivity contribution is -0.112. The number of pyridine rings is 1. The zero-order chi connectivity index (χ0) is 26.6. The summed E-state index contributed by atoms with van der Waals surface area (Å²) in [5.74, 6) is -0.209. The highest BCUT2D eigenvalue weighted by molar-refractivity contribution is 6.47. The fraction of sp³-hybridized carbons (Fsp3) is 0.188. The molecule has 0 spiro atoms. The van der Waals surface area contributed by atoms with Crippen molar-refractivity contribution in [2.75, 3.05) is 42.9 Å². The molecule has 5 aromatic rings. The molecule has 3 aromatic heterocycles. The first kappa shape index (κ1) is 24.7. The highest BCUT2D eigenvalue weighted by atomic mass is 16.3. The Labute approximate surface area is 227 Å². The van der Waals surface area contributed by atoms with Crippen LogP contribution in [0, 0.1) is 0 Å². The predicted molar refractivity (Wildman–Crippen MR) is 153 cm³/mol. The molecule has 39 heavy (non-hydrogen) atoms. The number of benzene rings is 2. The molecule has 0 saturated carbocycles. The van der Waals surface area contributed by atoms with Crippen LogP contribution in [-0.2, 0) is 11.2 Å². The minimum atomic E-state index is -0.658. The van der Waals surface area contributed by atoms with E-state index in [1.54, 1.807) is 10.7 Å². The van der Waals surface area contributed by atoms with Gasteiger partial charge in [0.15, 0.2) is 0 Å². The van der Waals surface area contributed by atoms with Crippen molar-refractivity contribution in [1.82, 2.24) is 9.30 Å². The lowest BCUT2D eigenvalue weighted by Gasteiger charge is -2.36. The number of carbonyl (C=O) groups is 2. The smallest absolute Gasteiger partial charge is 0.298 e. The average molecular weight is 519 g/mol. The van der Waals surface area contributed by atoms with Gasteiger partial charge in [-0.3, -0.25) is 14.5 Å². The molecule has 1 saturated heterocycles. The number of carbonyl (C=O) groups excluding carboxylic acids is 2. The SMILES string of the molecule is O=C(Nc1ccc(N2CCN(CCc3ccco3)CC2)cc1)C(=O)c1c(-c2ccccc2)cc2ccccn12. The summed E-state index contributed by atoms with van der Waals surface area (Å²) in [4.78, 5) is 31.3. The molecule has 1 aliphatic rings. The summed E-state index contributed by atoms with van der Waals surface area (Å²) in [5.41, 5.74) is 4.54. The highest BCUT2D eigenvalue weighted by Gasteiger charge is 2.25. The number of aromatic nitrogens is 1. The van der Waals surface area contributed by atoms with Crippen LogP contribution in [0.5, 0.6) is 0 Å². The number of amides is 1. The van der Waals surface area contributed by atoms with Crippen LogP contribution < -0.4 is 10.2 Å². The van der Waals surface area contributed by atoms with Gasteiger partial charge in [0.1, 0.15) is 11.5 Å². The molecule has 0 radical (unpaired) electrons. The summed E-state index contributed by atoms with van der Waals surface area (Å²) in [5, 5.41) is 2.80. The number of fused-ring (bicyclic) bond motifs is 1. The van der Waals surface area contributed by atoms with Crippen molar-refractivity contribution in [3.8, 4) is 11.1 Å². The molecule has 0 aliphatic carbocycles. The van der Waals surface area contributed by atoms with Crippen LogP contribution in [0.2, 0.25) is 0 Å². The minimum Gasteiger partial charge on any atom is -0.469 e. The van der Waals surface area contributed by atoms with Crippen molar-refractivity contribution in [3.63, 3.8) is 0 Å². The molecule has 196 valence electrons. The molecule has 1 N–H and O–H groups in total. The number of anilines is 2. The zero-order valence-electron chi connectivity index (χ0n) is 21.6. The summed E-state index contributed by atoms with van der Waals surface area (Å²) in [7, 11) is 0. The zero-order valence-corrected chi connectivity index (χ0v) is 21.6. The van der Waals surface area contributed by atoms with E-state index >= 15 is 0 Å². The van der Waals surface area contributed by atoms with Crippen LogP contribution in [0.4, 0.5) is 11.4 Å². The van der Waals surface area contributed by atoms with E-state index in [2.05, 4.69) is 15.1 Å². The Bertz CT molecular complexity index is 1570. The maximum absolute atomic E-state index is 13.4. The van der Waals surface area contributed by atoms with E-state index in [4.69, 9.17) is 4.42 Å². The number of nitrogens with zero attached hydrogens (tertiary/aromatic N) is 3. The molecule has 7 nitrogen and oxygen atoms in total. The molecule has 6 rings (SSSR count). The number of ketones is 1. The Morgan fingerprint density at radius 2 is 1.59 bits per heavy atom. The third-order valence-corrected chi connectivity index (χ3v) is 7.30. The maximum atomic E-state index is 13.4. The topological polar surface area (TPSA) is 70.2 Å². The third kappa shape index (κ3) is 5.35. The molecule has 2 aromatic carbocycles. The van der Waals surface area contributed by atoms with Crippen LogP contribution in [-0.4, -0.2) is 53.7 Å². The first-order chi connectivity index (χ1) is 19.2. The lowest BCUT2D eigenvalue weighted by atomic mass is 10.0. The Hall–Kier alpha value is -4.62. The summed E-state index contributed by atoms with van der Waals surface area (Å²) < 4.78 is 7.22. The maximum Gasteiger partial charge on any atom is 0.298 e. The molecule has 1 aliphatic heterocycles. The van der Waals surface area contributed by atoms with E-state index in [0.29, 0.717) is 11.4 Å². The summed E-state index contributed by atoms with van der Waals surface area (Å²) in [6.07, 6.45) is 4.46. The van der Waals surface area contributed by atoms with Gasteiger partial charge in [0.25, 0.3) is 11.7 Å². The predicted octanol–water partition coefficient (Wildman–Crippen LogP) is 5.39. The fourth-order valence-electron chi connectivity index (χ4n) is 5.20. The van der Waals surface area contributed by atoms with Gasteiger partial charge in [-0.25, -0.2) is 0 Å². The van der Waals surface area contributed by atoms with Gasteiger partial charge in [0.2, 0.25) is 0 Å². The van der Waals surface area contributed by atoms with Gasteiger partial charge in [-0.15, -0.1) is 0 Å². The van der Waals surface area contributed by atoms with Crippen molar-refractivity contribution < 1.29 is 14.0 Å². The second kappa shape index (κ2) is 11.0. The van der Waals surface area contributed by atoms with Crippen LogP contribution >= 0.6 is 0 Å². The number of hydrogen-bond acceptors (Lipinski definition) is 5. The Morgan fingerprint density at radius 1 is 0.821 bits per heavy atom. The number of hydrogen-bond donors (Lipinski definition) is 1. The fourth-order valence-corrected chi connectivity index (χ4v) is 5.20. The van der Waals surface area contributed by atoms with Crippen LogP contribution in [0.15, 0.2) is 108 Å².